The van der Waals surface area contributed by atoms with Crippen molar-refractivity contribution in [3.05, 3.63) is 53.1 Å². The number of hydrogen-bond donors (Lipinski definition) is 1. The maximum Gasteiger partial charge on any atom is 0.261 e. The molecule has 0 saturated carbocycles. The topological polar surface area (TPSA) is 83.6 Å². The monoisotopic (exact) mass is 410 g/mol. The second kappa shape index (κ2) is 6.87. The van der Waals surface area contributed by atoms with E-state index in [-0.39, 0.29) is 15.6 Å². The molecule has 0 heterocycles. The Balaban J connectivity index is 2.45. The van der Waals surface area contributed by atoms with E-state index in [1.807, 2.05) is 0 Å². The van der Waals surface area contributed by atoms with Crippen LogP contribution in [0.4, 0.5) is 14.5 Å². The van der Waals surface area contributed by atoms with Gasteiger partial charge in [0.15, 0.2) is 11.6 Å². The standard InChI is InChI=1S/C14H13ClF2N2O4S2/c1-19(2)25(22,23)14-7-9(3-5-11(14)15)18-24(20,21)10-4-6-12(16)13(17)8-10/h3-8,18H,1-2H3. The van der Waals surface area contributed by atoms with E-state index >= 15 is 0 Å². The minimum absolute atomic E-state index is 0.0931. The van der Waals surface area contributed by atoms with Crippen molar-refractivity contribution < 1.29 is 25.6 Å². The van der Waals surface area contributed by atoms with E-state index in [1.54, 1.807) is 0 Å². The van der Waals surface area contributed by atoms with Gasteiger partial charge in [-0.05, 0) is 36.4 Å². The SMILES string of the molecule is CN(C)S(=O)(=O)c1cc(NS(=O)(=O)c2ccc(F)c(F)c2)ccc1Cl. The van der Waals surface area contributed by atoms with Crippen molar-refractivity contribution in [2.24, 2.45) is 0 Å². The van der Waals surface area contributed by atoms with Gasteiger partial charge in [0, 0.05) is 14.1 Å². The number of benzene rings is 2. The number of rotatable bonds is 5. The molecule has 0 spiro atoms. The quantitative estimate of drug-likeness (QED) is 0.821. The first-order valence-electron chi connectivity index (χ1n) is 6.65. The van der Waals surface area contributed by atoms with Gasteiger partial charge in [-0.2, -0.15) is 0 Å². The van der Waals surface area contributed by atoms with Crippen molar-refractivity contribution in [3.63, 3.8) is 0 Å². The van der Waals surface area contributed by atoms with Gasteiger partial charge in [0.25, 0.3) is 10.0 Å². The molecular weight excluding hydrogens is 398 g/mol. The average molecular weight is 411 g/mol. The molecule has 2 aromatic carbocycles. The van der Waals surface area contributed by atoms with Crippen LogP contribution >= 0.6 is 11.6 Å². The van der Waals surface area contributed by atoms with E-state index in [1.165, 1.54) is 26.2 Å². The third-order valence-corrected chi connectivity index (χ3v) is 6.82. The normalized spacial score (nSPS) is 12.4. The summed E-state index contributed by atoms with van der Waals surface area (Å²) >= 11 is 5.88. The molecule has 0 aliphatic carbocycles. The molecule has 0 bridgehead atoms. The van der Waals surface area contributed by atoms with Gasteiger partial charge in [0.1, 0.15) is 4.90 Å². The Morgan fingerprint density at radius 2 is 1.60 bits per heavy atom. The maximum absolute atomic E-state index is 13.2. The van der Waals surface area contributed by atoms with E-state index in [9.17, 15) is 25.6 Å². The highest BCUT2D eigenvalue weighted by Gasteiger charge is 2.23. The highest BCUT2D eigenvalue weighted by Crippen LogP contribution is 2.28. The van der Waals surface area contributed by atoms with E-state index in [0.717, 1.165) is 16.4 Å². The molecule has 6 nitrogen and oxygen atoms in total. The number of hydrogen-bond acceptors (Lipinski definition) is 4. The van der Waals surface area contributed by atoms with E-state index < -0.39 is 36.6 Å². The predicted octanol–water partition coefficient (Wildman–Crippen LogP) is 2.67. The molecule has 2 rings (SSSR count). The summed E-state index contributed by atoms with van der Waals surface area (Å²) in [5.74, 6) is -2.51. The summed E-state index contributed by atoms with van der Waals surface area (Å²) in [6, 6.07) is 5.57. The molecule has 0 atom stereocenters. The van der Waals surface area contributed by atoms with Crippen LogP contribution in [0.3, 0.4) is 0 Å². The Kier molecular flexibility index (Phi) is 5.38. The van der Waals surface area contributed by atoms with Crippen LogP contribution in [0.1, 0.15) is 0 Å². The van der Waals surface area contributed by atoms with Crippen LogP contribution < -0.4 is 4.72 Å². The molecule has 0 aromatic heterocycles. The van der Waals surface area contributed by atoms with Crippen molar-refractivity contribution in [1.82, 2.24) is 4.31 Å². The number of nitrogens with zero attached hydrogens (tertiary/aromatic N) is 1. The third kappa shape index (κ3) is 4.09. The zero-order valence-corrected chi connectivity index (χ0v) is 15.4. The lowest BCUT2D eigenvalue weighted by atomic mass is 10.3. The fourth-order valence-corrected chi connectivity index (χ4v) is 4.27. The molecule has 2 aromatic rings. The van der Waals surface area contributed by atoms with Crippen molar-refractivity contribution in [2.45, 2.75) is 9.79 Å². The second-order valence-corrected chi connectivity index (χ2v) is 9.32. The summed E-state index contributed by atoms with van der Waals surface area (Å²) in [5.41, 5.74) is -0.102. The van der Waals surface area contributed by atoms with Crippen LogP contribution in [0.25, 0.3) is 0 Å². The Hall–Kier alpha value is -1.75. The molecule has 1 N–H and O–H groups in total. The van der Waals surface area contributed by atoms with Gasteiger partial charge in [-0.25, -0.2) is 29.9 Å². The lowest BCUT2D eigenvalue weighted by Gasteiger charge is -2.14. The molecule has 0 amide bonds. The maximum atomic E-state index is 13.2. The van der Waals surface area contributed by atoms with Crippen molar-refractivity contribution in [2.75, 3.05) is 18.8 Å². The molecule has 0 radical (unpaired) electrons. The molecule has 0 unspecified atom stereocenters. The van der Waals surface area contributed by atoms with Crippen molar-refractivity contribution in [1.29, 1.82) is 0 Å². The van der Waals surface area contributed by atoms with Gasteiger partial charge < -0.3 is 0 Å². The molecule has 0 fully saturated rings. The first kappa shape index (κ1) is 19.6. The number of halogens is 3. The minimum Gasteiger partial charge on any atom is -0.280 e. The summed E-state index contributed by atoms with van der Waals surface area (Å²) < 4.78 is 78.1. The Bertz CT molecular complexity index is 1030. The fourth-order valence-electron chi connectivity index (χ4n) is 1.82. The predicted molar refractivity (Wildman–Crippen MR) is 89.5 cm³/mol. The van der Waals surface area contributed by atoms with Crippen molar-refractivity contribution >= 4 is 37.3 Å². The summed E-state index contributed by atoms with van der Waals surface area (Å²) in [6.45, 7) is 0. The summed E-state index contributed by atoms with van der Waals surface area (Å²) in [7, 11) is -5.57. The van der Waals surface area contributed by atoms with Crippen LogP contribution in [-0.4, -0.2) is 35.2 Å². The van der Waals surface area contributed by atoms with Crippen LogP contribution in [0.15, 0.2) is 46.2 Å². The van der Waals surface area contributed by atoms with E-state index in [2.05, 4.69) is 4.72 Å². The van der Waals surface area contributed by atoms with Crippen LogP contribution in [-0.2, 0) is 20.0 Å². The van der Waals surface area contributed by atoms with Gasteiger partial charge in [0.05, 0.1) is 15.6 Å². The molecule has 0 aliphatic heterocycles. The Morgan fingerprint density at radius 1 is 0.960 bits per heavy atom. The number of nitrogens with one attached hydrogen (secondary N) is 1. The van der Waals surface area contributed by atoms with Gasteiger partial charge >= 0.3 is 0 Å². The highest BCUT2D eigenvalue weighted by atomic mass is 35.5. The van der Waals surface area contributed by atoms with Gasteiger partial charge in [-0.1, -0.05) is 11.6 Å². The zero-order valence-electron chi connectivity index (χ0n) is 13.0. The van der Waals surface area contributed by atoms with Crippen LogP contribution in [0.2, 0.25) is 5.02 Å². The average Bonchev–Trinajstić information content (AvgIpc) is 2.51. The van der Waals surface area contributed by atoms with Crippen LogP contribution in [0, 0.1) is 11.6 Å². The van der Waals surface area contributed by atoms with E-state index in [0.29, 0.717) is 12.1 Å². The molecule has 0 aliphatic rings. The molecule has 11 heteroatoms. The Labute approximate surface area is 149 Å². The first-order chi connectivity index (χ1) is 11.4. The third-order valence-electron chi connectivity index (χ3n) is 3.14. The molecule has 0 saturated heterocycles. The van der Waals surface area contributed by atoms with E-state index in [4.69, 9.17) is 11.6 Å². The number of sulfonamides is 2. The van der Waals surface area contributed by atoms with Crippen molar-refractivity contribution in [3.8, 4) is 0 Å². The molecule has 136 valence electrons. The lowest BCUT2D eigenvalue weighted by molar-refractivity contribution is 0.504. The lowest BCUT2D eigenvalue weighted by Crippen LogP contribution is -2.23. The Morgan fingerprint density at radius 3 is 2.16 bits per heavy atom. The minimum atomic E-state index is -4.26. The van der Waals surface area contributed by atoms with Gasteiger partial charge in [-0.3, -0.25) is 4.72 Å². The second-order valence-electron chi connectivity index (χ2n) is 5.11. The summed E-state index contributed by atoms with van der Waals surface area (Å²) in [6.07, 6.45) is 0. The van der Waals surface area contributed by atoms with Crippen LogP contribution in [0.5, 0.6) is 0 Å². The smallest absolute Gasteiger partial charge is 0.261 e. The fraction of sp³-hybridized carbons (Fsp3) is 0.143. The largest absolute Gasteiger partial charge is 0.280 e. The summed E-state index contributed by atoms with van der Waals surface area (Å²) in [4.78, 5) is -0.817. The molecule has 25 heavy (non-hydrogen) atoms. The number of anilines is 1. The first-order valence-corrected chi connectivity index (χ1v) is 9.95. The molecular formula is C14H13ClF2N2O4S2. The summed E-state index contributed by atoms with van der Waals surface area (Å²) in [5, 5.41) is -0.0931. The highest BCUT2D eigenvalue weighted by molar-refractivity contribution is 7.92. The van der Waals surface area contributed by atoms with Gasteiger partial charge in [-0.15, -0.1) is 0 Å². The van der Waals surface area contributed by atoms with Gasteiger partial charge in [0.2, 0.25) is 10.0 Å². The zero-order chi connectivity index (χ0) is 19.0.